The van der Waals surface area contributed by atoms with Crippen LogP contribution < -0.4 is 10.6 Å². The van der Waals surface area contributed by atoms with Crippen molar-refractivity contribution in [3.8, 4) is 0 Å². The van der Waals surface area contributed by atoms with E-state index in [0.29, 0.717) is 16.9 Å². The summed E-state index contributed by atoms with van der Waals surface area (Å²) in [6, 6.07) is 3.37. The van der Waals surface area contributed by atoms with E-state index in [4.69, 9.17) is 0 Å². The van der Waals surface area contributed by atoms with Crippen LogP contribution in [0.4, 0.5) is 17.1 Å². The molecule has 1 amide bonds. The molecule has 1 saturated carbocycles. The van der Waals surface area contributed by atoms with Gasteiger partial charge in [0.25, 0.3) is 5.69 Å². The molecule has 1 fully saturated rings. The van der Waals surface area contributed by atoms with Gasteiger partial charge in [-0.25, -0.2) is 0 Å². The average molecular weight is 275 g/mol. The fourth-order valence-corrected chi connectivity index (χ4v) is 2.71. The van der Waals surface area contributed by atoms with Crippen LogP contribution in [0.5, 0.6) is 0 Å². The Balaban J connectivity index is 1.85. The minimum Gasteiger partial charge on any atom is -0.377 e. The summed E-state index contributed by atoms with van der Waals surface area (Å²) in [4.78, 5) is 22.2. The Labute approximate surface area is 116 Å². The summed E-state index contributed by atoms with van der Waals surface area (Å²) in [5, 5.41) is 17.1. The molecule has 1 aliphatic carbocycles. The van der Waals surface area contributed by atoms with Crippen LogP contribution in [0.2, 0.25) is 0 Å². The van der Waals surface area contributed by atoms with Crippen molar-refractivity contribution in [3.63, 3.8) is 0 Å². The number of nitro benzene ring substituents is 1. The van der Waals surface area contributed by atoms with Crippen molar-refractivity contribution in [2.45, 2.75) is 38.6 Å². The topological polar surface area (TPSA) is 84.3 Å². The Morgan fingerprint density at radius 2 is 2.25 bits per heavy atom. The van der Waals surface area contributed by atoms with Gasteiger partial charge in [0, 0.05) is 17.8 Å². The number of hydrogen-bond donors (Lipinski definition) is 2. The van der Waals surface area contributed by atoms with Crippen molar-refractivity contribution in [2.75, 3.05) is 10.6 Å². The molecule has 1 atom stereocenters. The summed E-state index contributed by atoms with van der Waals surface area (Å²) in [6.45, 7) is 2.04. The lowest BCUT2D eigenvalue weighted by atomic mass is 10.1. The lowest BCUT2D eigenvalue weighted by molar-refractivity contribution is -0.384. The molecule has 2 aliphatic rings. The Morgan fingerprint density at radius 3 is 2.90 bits per heavy atom. The van der Waals surface area contributed by atoms with Crippen molar-refractivity contribution in [1.29, 1.82) is 0 Å². The summed E-state index contributed by atoms with van der Waals surface area (Å²) in [7, 11) is 0. The molecule has 20 heavy (non-hydrogen) atoms. The van der Waals surface area contributed by atoms with Gasteiger partial charge in [0.1, 0.15) is 5.69 Å². The molecule has 6 heteroatoms. The first-order chi connectivity index (χ1) is 9.52. The lowest BCUT2D eigenvalue weighted by Gasteiger charge is -2.15. The summed E-state index contributed by atoms with van der Waals surface area (Å²) < 4.78 is 0. The molecular weight excluding hydrogens is 258 g/mol. The molecule has 1 heterocycles. The van der Waals surface area contributed by atoms with Gasteiger partial charge in [-0.2, -0.15) is 0 Å². The maximum atomic E-state index is 11.4. The summed E-state index contributed by atoms with van der Waals surface area (Å²) in [5.41, 5.74) is 1.91. The third-order valence-electron chi connectivity index (χ3n) is 3.83. The normalized spacial score (nSPS) is 18.4. The van der Waals surface area contributed by atoms with Crippen LogP contribution in [0, 0.1) is 16.0 Å². The Bertz CT molecular complexity index is 581. The molecular formula is C14H17N3O3. The first-order valence-electron chi connectivity index (χ1n) is 6.90. The van der Waals surface area contributed by atoms with E-state index in [0.717, 1.165) is 12.3 Å². The number of carbonyl (C=O) groups excluding carboxylic acids is 1. The number of hydrogen-bond acceptors (Lipinski definition) is 4. The zero-order chi connectivity index (χ0) is 14.3. The highest BCUT2D eigenvalue weighted by molar-refractivity contribution is 6.00. The molecule has 0 radical (unpaired) electrons. The summed E-state index contributed by atoms with van der Waals surface area (Å²) in [6.07, 6.45) is 3.76. The fourth-order valence-electron chi connectivity index (χ4n) is 2.71. The number of rotatable bonds is 5. The maximum Gasteiger partial charge on any atom is 0.292 e. The Morgan fingerprint density at radius 1 is 1.50 bits per heavy atom. The summed E-state index contributed by atoms with van der Waals surface area (Å²) >= 11 is 0. The van der Waals surface area contributed by atoms with Crippen LogP contribution >= 0.6 is 0 Å². The molecule has 0 saturated heterocycles. The SMILES string of the molecule is CC(CC1CC1)Nc1cc2c(cc1[N+](=O)[O-])CC(=O)N2. The van der Waals surface area contributed by atoms with E-state index >= 15 is 0 Å². The second-order valence-corrected chi connectivity index (χ2v) is 5.73. The number of nitro groups is 1. The van der Waals surface area contributed by atoms with Crippen molar-refractivity contribution in [2.24, 2.45) is 5.92 Å². The van der Waals surface area contributed by atoms with E-state index in [1.165, 1.54) is 18.9 Å². The van der Waals surface area contributed by atoms with Gasteiger partial charge >= 0.3 is 0 Å². The molecule has 1 unspecified atom stereocenters. The van der Waals surface area contributed by atoms with E-state index in [1.54, 1.807) is 6.07 Å². The number of nitrogens with one attached hydrogen (secondary N) is 2. The third kappa shape index (κ3) is 2.59. The van der Waals surface area contributed by atoms with Gasteiger partial charge in [0.2, 0.25) is 5.91 Å². The minimum absolute atomic E-state index is 0.0443. The number of carbonyl (C=O) groups is 1. The molecule has 6 nitrogen and oxygen atoms in total. The summed E-state index contributed by atoms with van der Waals surface area (Å²) in [5.74, 6) is 0.642. The number of amides is 1. The average Bonchev–Trinajstić information content (AvgIpc) is 3.07. The molecule has 0 aromatic heterocycles. The van der Waals surface area contributed by atoms with E-state index in [1.807, 2.05) is 6.92 Å². The van der Waals surface area contributed by atoms with Crippen LogP contribution in [-0.4, -0.2) is 16.9 Å². The monoisotopic (exact) mass is 275 g/mol. The number of nitrogens with zero attached hydrogens (tertiary/aromatic N) is 1. The standard InChI is InChI=1S/C14H17N3O3/c1-8(4-9-2-3-9)15-12-7-11-10(6-14(18)16-11)5-13(12)17(19)20/h5,7-9,15H,2-4,6H2,1H3,(H,16,18). The zero-order valence-corrected chi connectivity index (χ0v) is 11.3. The molecule has 106 valence electrons. The molecule has 1 aliphatic heterocycles. The first kappa shape index (κ1) is 12.9. The second kappa shape index (κ2) is 4.77. The number of benzene rings is 1. The van der Waals surface area contributed by atoms with Crippen molar-refractivity contribution in [1.82, 2.24) is 0 Å². The van der Waals surface area contributed by atoms with Gasteiger partial charge in [-0.3, -0.25) is 14.9 Å². The molecule has 1 aromatic carbocycles. The first-order valence-corrected chi connectivity index (χ1v) is 6.90. The molecule has 0 bridgehead atoms. The van der Waals surface area contributed by atoms with Gasteiger partial charge in [-0.15, -0.1) is 0 Å². The van der Waals surface area contributed by atoms with Crippen LogP contribution in [0.25, 0.3) is 0 Å². The van der Waals surface area contributed by atoms with Crippen molar-refractivity contribution >= 4 is 23.0 Å². The van der Waals surface area contributed by atoms with Crippen LogP contribution in [-0.2, 0) is 11.2 Å². The second-order valence-electron chi connectivity index (χ2n) is 5.73. The smallest absolute Gasteiger partial charge is 0.292 e. The van der Waals surface area contributed by atoms with E-state index in [9.17, 15) is 14.9 Å². The van der Waals surface area contributed by atoms with Crippen LogP contribution in [0.15, 0.2) is 12.1 Å². The maximum absolute atomic E-state index is 11.4. The van der Waals surface area contributed by atoms with E-state index in [2.05, 4.69) is 10.6 Å². The van der Waals surface area contributed by atoms with Gasteiger partial charge < -0.3 is 10.6 Å². The van der Waals surface area contributed by atoms with Gasteiger partial charge in [-0.1, -0.05) is 12.8 Å². The third-order valence-corrected chi connectivity index (χ3v) is 3.83. The molecule has 1 aromatic rings. The highest BCUT2D eigenvalue weighted by Gasteiger charge is 2.27. The van der Waals surface area contributed by atoms with Gasteiger partial charge in [-0.05, 0) is 30.9 Å². The minimum atomic E-state index is -0.394. The highest BCUT2D eigenvalue weighted by atomic mass is 16.6. The largest absolute Gasteiger partial charge is 0.377 e. The number of anilines is 2. The predicted molar refractivity (Wildman–Crippen MR) is 75.9 cm³/mol. The Hall–Kier alpha value is -2.11. The lowest BCUT2D eigenvalue weighted by Crippen LogP contribution is -2.16. The molecule has 2 N–H and O–H groups in total. The fraction of sp³-hybridized carbons (Fsp3) is 0.500. The van der Waals surface area contributed by atoms with Gasteiger partial charge in [0.15, 0.2) is 0 Å². The zero-order valence-electron chi connectivity index (χ0n) is 11.3. The van der Waals surface area contributed by atoms with Gasteiger partial charge in [0.05, 0.1) is 11.3 Å². The van der Waals surface area contributed by atoms with E-state index < -0.39 is 4.92 Å². The highest BCUT2D eigenvalue weighted by Crippen LogP contribution is 2.37. The quantitative estimate of drug-likeness (QED) is 0.639. The van der Waals surface area contributed by atoms with Crippen molar-refractivity contribution < 1.29 is 9.72 Å². The van der Waals surface area contributed by atoms with E-state index in [-0.39, 0.29) is 24.1 Å². The van der Waals surface area contributed by atoms with Crippen molar-refractivity contribution in [3.05, 3.63) is 27.8 Å². The predicted octanol–water partition coefficient (Wildman–Crippen LogP) is 2.69. The number of fused-ring (bicyclic) bond motifs is 1. The van der Waals surface area contributed by atoms with Crippen LogP contribution in [0.3, 0.4) is 0 Å². The Kier molecular flexibility index (Phi) is 3.08. The molecule has 3 rings (SSSR count). The van der Waals surface area contributed by atoms with Crippen LogP contribution in [0.1, 0.15) is 31.7 Å². The molecule has 0 spiro atoms.